The molecule has 1 aromatic heterocycles. The van der Waals surface area contributed by atoms with Crippen LogP contribution in [0.4, 0.5) is 15.2 Å². The van der Waals surface area contributed by atoms with Gasteiger partial charge in [0.2, 0.25) is 0 Å². The molecule has 110 valence electrons. The van der Waals surface area contributed by atoms with Gasteiger partial charge in [-0.2, -0.15) is 0 Å². The molecule has 0 aliphatic rings. The minimum Gasteiger partial charge on any atom is -0.464 e. The molecule has 8 heteroatoms. The van der Waals surface area contributed by atoms with E-state index in [0.29, 0.717) is 4.47 Å². The zero-order chi connectivity index (χ0) is 15.6. The van der Waals surface area contributed by atoms with Crippen LogP contribution in [0.1, 0.15) is 27.1 Å². The van der Waals surface area contributed by atoms with Crippen molar-refractivity contribution in [3.8, 4) is 0 Å². The number of carbonyl (C=O) groups is 2. The molecule has 0 saturated carbocycles. The molecule has 0 aliphatic carbocycles. The predicted molar refractivity (Wildman–Crippen MR) is 80.8 cm³/mol. The summed E-state index contributed by atoms with van der Waals surface area (Å²) in [7, 11) is 1.20. The van der Waals surface area contributed by atoms with Crippen LogP contribution in [0.2, 0.25) is 0 Å². The van der Waals surface area contributed by atoms with Gasteiger partial charge in [0, 0.05) is 11.4 Å². The van der Waals surface area contributed by atoms with E-state index < -0.39 is 11.8 Å². The normalized spacial score (nSPS) is 10.3. The minimum absolute atomic E-state index is 0.0760. The number of esters is 1. The minimum atomic E-state index is -0.709. The fourth-order valence-electron chi connectivity index (χ4n) is 1.56. The Kier molecular flexibility index (Phi) is 4.69. The number of hydrogen-bond acceptors (Lipinski definition) is 6. The quantitative estimate of drug-likeness (QED) is 0.653. The van der Waals surface area contributed by atoms with Crippen LogP contribution in [0.3, 0.4) is 0 Å². The van der Waals surface area contributed by atoms with Crippen molar-refractivity contribution in [2.24, 2.45) is 0 Å². The van der Waals surface area contributed by atoms with Gasteiger partial charge >= 0.3 is 5.97 Å². The van der Waals surface area contributed by atoms with Crippen LogP contribution in [0, 0.1) is 5.82 Å². The van der Waals surface area contributed by atoms with E-state index in [0.717, 1.165) is 11.3 Å². The van der Waals surface area contributed by atoms with E-state index in [1.54, 1.807) is 6.07 Å². The Morgan fingerprint density at radius 3 is 2.76 bits per heavy atom. The van der Waals surface area contributed by atoms with Gasteiger partial charge in [0.25, 0.3) is 0 Å². The number of benzene rings is 1. The van der Waals surface area contributed by atoms with Gasteiger partial charge in [-0.05, 0) is 18.2 Å². The number of halogens is 2. The molecule has 0 amide bonds. The summed E-state index contributed by atoms with van der Waals surface area (Å²) in [6, 6.07) is 4.37. The lowest BCUT2D eigenvalue weighted by Crippen LogP contribution is -2.07. The molecule has 0 bridgehead atoms. The fourth-order valence-corrected chi connectivity index (χ4v) is 2.78. The van der Waals surface area contributed by atoms with E-state index in [2.05, 4.69) is 31.0 Å². The van der Waals surface area contributed by atoms with Crippen molar-refractivity contribution in [2.45, 2.75) is 6.92 Å². The Labute approximate surface area is 132 Å². The highest BCUT2D eigenvalue weighted by Crippen LogP contribution is 2.29. The molecule has 0 atom stereocenters. The van der Waals surface area contributed by atoms with Crippen molar-refractivity contribution in [2.75, 3.05) is 12.4 Å². The maximum Gasteiger partial charge on any atom is 0.358 e. The van der Waals surface area contributed by atoms with Crippen molar-refractivity contribution in [3.63, 3.8) is 0 Å². The maximum atomic E-state index is 13.7. The third kappa shape index (κ3) is 3.45. The van der Waals surface area contributed by atoms with Crippen molar-refractivity contribution in [3.05, 3.63) is 39.1 Å². The first-order chi connectivity index (χ1) is 9.92. The number of nitrogens with one attached hydrogen (secondary N) is 1. The van der Waals surface area contributed by atoms with Gasteiger partial charge in [0.15, 0.2) is 16.6 Å². The molecule has 0 fully saturated rings. The van der Waals surface area contributed by atoms with Crippen LogP contribution < -0.4 is 5.32 Å². The van der Waals surface area contributed by atoms with Gasteiger partial charge in [-0.25, -0.2) is 14.2 Å². The number of aromatic nitrogens is 1. The number of thiazole rings is 1. The summed E-state index contributed by atoms with van der Waals surface area (Å²) in [5.41, 5.74) is 0.109. The number of hydrogen-bond donors (Lipinski definition) is 1. The Bertz CT molecular complexity index is 717. The molecule has 1 heterocycles. The molecule has 5 nitrogen and oxygen atoms in total. The Balaban J connectivity index is 2.39. The van der Waals surface area contributed by atoms with Crippen LogP contribution >= 0.6 is 27.3 Å². The summed E-state index contributed by atoms with van der Waals surface area (Å²) in [4.78, 5) is 27.3. The van der Waals surface area contributed by atoms with E-state index >= 15 is 0 Å². The van der Waals surface area contributed by atoms with Crippen LogP contribution in [-0.4, -0.2) is 23.8 Å². The number of Topliss-reactive ketones (excluding diaryl/α,β-unsaturated/α-hetero) is 1. The highest BCUT2D eigenvalue weighted by atomic mass is 79.9. The van der Waals surface area contributed by atoms with Crippen molar-refractivity contribution < 1.29 is 18.7 Å². The lowest BCUT2D eigenvalue weighted by Gasteiger charge is -2.04. The van der Waals surface area contributed by atoms with Crippen LogP contribution in [0.15, 0.2) is 22.7 Å². The van der Waals surface area contributed by atoms with Crippen LogP contribution in [0.5, 0.6) is 0 Å². The maximum absolute atomic E-state index is 13.7. The second-order valence-electron chi connectivity index (χ2n) is 3.99. The van der Waals surface area contributed by atoms with Crippen LogP contribution in [-0.2, 0) is 4.74 Å². The molecule has 1 N–H and O–H groups in total. The molecule has 2 rings (SSSR count). The molecular weight excluding hydrogens is 363 g/mol. The van der Waals surface area contributed by atoms with Gasteiger partial charge in [0.05, 0.1) is 12.8 Å². The first-order valence-corrected chi connectivity index (χ1v) is 7.35. The molecule has 1 aromatic carbocycles. The average molecular weight is 373 g/mol. The zero-order valence-corrected chi connectivity index (χ0v) is 13.5. The monoisotopic (exact) mass is 372 g/mol. The molecule has 0 aliphatic heterocycles. The number of rotatable bonds is 4. The second kappa shape index (κ2) is 6.31. The first-order valence-electron chi connectivity index (χ1n) is 5.74. The Hall–Kier alpha value is -1.80. The molecule has 0 spiro atoms. The number of anilines is 2. The fraction of sp³-hybridized carbons (Fsp3) is 0.154. The van der Waals surface area contributed by atoms with Gasteiger partial charge in [-0.3, -0.25) is 4.79 Å². The summed E-state index contributed by atoms with van der Waals surface area (Å²) in [6.07, 6.45) is 0. The lowest BCUT2D eigenvalue weighted by molar-refractivity contribution is 0.0591. The average Bonchev–Trinajstić information content (AvgIpc) is 2.86. The van der Waals surface area contributed by atoms with Gasteiger partial charge < -0.3 is 10.1 Å². The van der Waals surface area contributed by atoms with E-state index in [4.69, 9.17) is 0 Å². The highest BCUT2D eigenvalue weighted by molar-refractivity contribution is 9.10. The van der Waals surface area contributed by atoms with Gasteiger partial charge in [-0.1, -0.05) is 27.3 Å². The molecule has 0 saturated heterocycles. The van der Waals surface area contributed by atoms with E-state index in [-0.39, 0.29) is 27.2 Å². The van der Waals surface area contributed by atoms with Gasteiger partial charge in [0.1, 0.15) is 10.7 Å². The Morgan fingerprint density at radius 1 is 1.43 bits per heavy atom. The summed E-state index contributed by atoms with van der Waals surface area (Å²) < 4.78 is 18.9. The molecule has 0 unspecified atom stereocenters. The van der Waals surface area contributed by atoms with Crippen LogP contribution in [0.25, 0.3) is 0 Å². The Morgan fingerprint density at radius 2 is 2.14 bits per heavy atom. The number of ketones is 1. The lowest BCUT2D eigenvalue weighted by atomic mass is 10.3. The SMILES string of the molecule is COC(=O)c1nc(Nc2cc(Br)ccc2F)sc1C(C)=O. The summed E-state index contributed by atoms with van der Waals surface area (Å²) in [5, 5.41) is 2.98. The number of methoxy groups -OCH3 is 1. The molecule has 2 aromatic rings. The third-order valence-corrected chi connectivity index (χ3v) is 4.06. The van der Waals surface area contributed by atoms with Crippen molar-refractivity contribution >= 4 is 49.8 Å². The topological polar surface area (TPSA) is 68.3 Å². The van der Waals surface area contributed by atoms with E-state index in [1.165, 1.54) is 26.2 Å². The van der Waals surface area contributed by atoms with E-state index in [1.807, 2.05) is 0 Å². The highest BCUT2D eigenvalue weighted by Gasteiger charge is 2.22. The molecule has 21 heavy (non-hydrogen) atoms. The molecular formula is C13H10BrFN2O3S. The van der Waals surface area contributed by atoms with Crippen molar-refractivity contribution in [1.29, 1.82) is 0 Å². The zero-order valence-electron chi connectivity index (χ0n) is 11.1. The first kappa shape index (κ1) is 15.6. The standard InChI is InChI=1S/C13H10BrFN2O3S/c1-6(18)11-10(12(19)20-2)17-13(21-11)16-9-5-7(14)3-4-8(9)15/h3-5H,1-2H3,(H,16,17). The summed E-state index contributed by atoms with van der Waals surface area (Å²) in [5.74, 6) is -1.49. The molecule has 0 radical (unpaired) electrons. The third-order valence-electron chi connectivity index (χ3n) is 2.50. The predicted octanol–water partition coefficient (Wildman–Crippen LogP) is 3.78. The summed E-state index contributed by atoms with van der Waals surface area (Å²) in [6.45, 7) is 1.32. The van der Waals surface area contributed by atoms with E-state index in [9.17, 15) is 14.0 Å². The summed E-state index contributed by atoms with van der Waals surface area (Å²) >= 11 is 4.20. The number of carbonyl (C=O) groups excluding carboxylic acids is 2. The van der Waals surface area contributed by atoms with Gasteiger partial charge in [-0.15, -0.1) is 0 Å². The second-order valence-corrected chi connectivity index (χ2v) is 5.91. The van der Waals surface area contributed by atoms with Crippen molar-refractivity contribution in [1.82, 2.24) is 4.98 Å². The number of ether oxygens (including phenoxy) is 1. The smallest absolute Gasteiger partial charge is 0.358 e. The largest absolute Gasteiger partial charge is 0.464 e. The number of nitrogens with zero attached hydrogens (tertiary/aromatic N) is 1.